The summed E-state index contributed by atoms with van der Waals surface area (Å²) in [5.74, 6) is -0.103. The highest BCUT2D eigenvalue weighted by atomic mass is 16.2. The normalized spacial score (nSPS) is 12.5. The van der Waals surface area contributed by atoms with Gasteiger partial charge in [0.05, 0.1) is 11.7 Å². The van der Waals surface area contributed by atoms with Gasteiger partial charge in [0.1, 0.15) is 0 Å². The summed E-state index contributed by atoms with van der Waals surface area (Å²) in [6.45, 7) is 4.45. The van der Waals surface area contributed by atoms with Gasteiger partial charge in [-0.2, -0.15) is 5.10 Å². The second-order valence-electron chi connectivity index (χ2n) is 3.86. The Balaban J connectivity index is 2.57. The van der Waals surface area contributed by atoms with Crippen LogP contribution in [-0.4, -0.2) is 21.7 Å². The summed E-state index contributed by atoms with van der Waals surface area (Å²) >= 11 is 0. The maximum Gasteiger partial charge on any atom is 0.237 e. The third kappa shape index (κ3) is 3.06. The van der Waals surface area contributed by atoms with Crippen LogP contribution in [0, 0.1) is 0 Å². The Morgan fingerprint density at radius 1 is 1.62 bits per heavy atom. The number of hydrogen-bond donors (Lipinski definition) is 2. The van der Waals surface area contributed by atoms with Gasteiger partial charge in [-0.05, 0) is 12.8 Å². The first-order chi connectivity index (χ1) is 7.58. The number of amides is 1. The molecule has 1 aromatic heterocycles. The molecular formula is C11H20N4O. The van der Waals surface area contributed by atoms with Crippen molar-refractivity contribution < 1.29 is 4.79 Å². The second-order valence-corrected chi connectivity index (χ2v) is 3.86. The molecule has 3 N–H and O–H groups in total. The van der Waals surface area contributed by atoms with E-state index in [1.165, 1.54) is 0 Å². The van der Waals surface area contributed by atoms with E-state index < -0.39 is 6.04 Å². The van der Waals surface area contributed by atoms with E-state index in [-0.39, 0.29) is 5.91 Å². The lowest BCUT2D eigenvalue weighted by Crippen LogP contribution is -2.39. The van der Waals surface area contributed by atoms with E-state index in [0.717, 1.165) is 17.7 Å². The van der Waals surface area contributed by atoms with Gasteiger partial charge in [0.2, 0.25) is 5.91 Å². The van der Waals surface area contributed by atoms with Crippen LogP contribution in [0.15, 0.2) is 6.20 Å². The molecule has 1 heterocycles. The Kier molecular flexibility index (Phi) is 4.49. The first-order valence-electron chi connectivity index (χ1n) is 5.63. The number of hydrogen-bond acceptors (Lipinski definition) is 3. The van der Waals surface area contributed by atoms with Crippen molar-refractivity contribution in [2.75, 3.05) is 0 Å². The van der Waals surface area contributed by atoms with Crippen LogP contribution in [0.25, 0.3) is 0 Å². The van der Waals surface area contributed by atoms with E-state index in [1.807, 2.05) is 27.1 Å². The first kappa shape index (κ1) is 12.7. The highest BCUT2D eigenvalue weighted by Crippen LogP contribution is 2.06. The molecule has 0 aliphatic heterocycles. The van der Waals surface area contributed by atoms with Gasteiger partial charge in [-0.15, -0.1) is 0 Å². The average Bonchev–Trinajstić information content (AvgIpc) is 2.65. The molecule has 0 aliphatic carbocycles. The molecule has 90 valence electrons. The van der Waals surface area contributed by atoms with Crippen LogP contribution in [0.3, 0.4) is 0 Å². The molecule has 1 rings (SSSR count). The maximum atomic E-state index is 11.5. The molecule has 0 radical (unpaired) electrons. The van der Waals surface area contributed by atoms with Gasteiger partial charge in [-0.25, -0.2) is 0 Å². The summed E-state index contributed by atoms with van der Waals surface area (Å²) in [5, 5.41) is 7.13. The number of nitrogens with zero attached hydrogens (tertiary/aromatic N) is 2. The quantitative estimate of drug-likeness (QED) is 0.757. The molecule has 1 atom stereocenters. The SMILES string of the molecule is CCc1nn(C)cc1CNC(=O)[C@H](N)CC. The van der Waals surface area contributed by atoms with E-state index in [9.17, 15) is 4.79 Å². The van der Waals surface area contributed by atoms with Gasteiger partial charge in [0.25, 0.3) is 0 Å². The summed E-state index contributed by atoms with van der Waals surface area (Å²) < 4.78 is 1.76. The summed E-state index contributed by atoms with van der Waals surface area (Å²) in [6.07, 6.45) is 3.45. The molecule has 5 nitrogen and oxygen atoms in total. The van der Waals surface area contributed by atoms with Crippen molar-refractivity contribution in [3.63, 3.8) is 0 Å². The molecule has 5 heteroatoms. The van der Waals surface area contributed by atoms with E-state index in [4.69, 9.17) is 5.73 Å². The maximum absolute atomic E-state index is 11.5. The Bertz CT molecular complexity index is 359. The predicted octanol–water partition coefficient (Wildman–Crippen LogP) is 0.336. The van der Waals surface area contributed by atoms with Crippen molar-refractivity contribution in [2.24, 2.45) is 12.8 Å². The number of aryl methyl sites for hydroxylation is 2. The van der Waals surface area contributed by atoms with Gasteiger partial charge < -0.3 is 11.1 Å². The number of nitrogens with two attached hydrogens (primary N) is 1. The lowest BCUT2D eigenvalue weighted by atomic mass is 10.2. The number of aromatic nitrogens is 2. The Morgan fingerprint density at radius 2 is 2.31 bits per heavy atom. The van der Waals surface area contributed by atoms with Gasteiger partial charge in [-0.1, -0.05) is 13.8 Å². The lowest BCUT2D eigenvalue weighted by molar-refractivity contribution is -0.122. The van der Waals surface area contributed by atoms with Crippen molar-refractivity contribution >= 4 is 5.91 Å². The van der Waals surface area contributed by atoms with Crippen LogP contribution in [0.1, 0.15) is 31.5 Å². The minimum absolute atomic E-state index is 0.103. The molecular weight excluding hydrogens is 204 g/mol. The number of rotatable bonds is 5. The van der Waals surface area contributed by atoms with Crippen molar-refractivity contribution in [2.45, 2.75) is 39.3 Å². The molecule has 1 amide bonds. The van der Waals surface area contributed by atoms with Gasteiger partial charge in [0.15, 0.2) is 0 Å². The zero-order chi connectivity index (χ0) is 12.1. The fourth-order valence-electron chi connectivity index (χ4n) is 1.53. The van der Waals surface area contributed by atoms with Crippen LogP contribution < -0.4 is 11.1 Å². The van der Waals surface area contributed by atoms with Crippen molar-refractivity contribution in [1.29, 1.82) is 0 Å². The summed E-state index contributed by atoms with van der Waals surface area (Å²) in [5.41, 5.74) is 7.70. The summed E-state index contributed by atoms with van der Waals surface area (Å²) in [6, 6.07) is -0.415. The largest absolute Gasteiger partial charge is 0.351 e. The minimum atomic E-state index is -0.415. The standard InChI is InChI=1S/C11H20N4O/c1-4-9(12)11(16)13-6-8-7-15(3)14-10(8)5-2/h7,9H,4-6,12H2,1-3H3,(H,13,16)/t9-/m1/s1. The fraction of sp³-hybridized carbons (Fsp3) is 0.636. The van der Waals surface area contributed by atoms with Crippen LogP contribution in [0.4, 0.5) is 0 Å². The zero-order valence-corrected chi connectivity index (χ0v) is 10.2. The highest BCUT2D eigenvalue weighted by molar-refractivity contribution is 5.81. The third-order valence-electron chi connectivity index (χ3n) is 2.56. The Hall–Kier alpha value is -1.36. The molecule has 0 bridgehead atoms. The summed E-state index contributed by atoms with van der Waals surface area (Å²) in [4.78, 5) is 11.5. The fourth-order valence-corrected chi connectivity index (χ4v) is 1.53. The molecule has 1 aromatic rings. The average molecular weight is 224 g/mol. The van der Waals surface area contributed by atoms with Crippen LogP contribution in [0.5, 0.6) is 0 Å². The van der Waals surface area contributed by atoms with Crippen LogP contribution in [0.2, 0.25) is 0 Å². The molecule has 0 unspecified atom stereocenters. The second kappa shape index (κ2) is 5.65. The first-order valence-corrected chi connectivity index (χ1v) is 5.63. The van der Waals surface area contributed by atoms with E-state index in [0.29, 0.717) is 13.0 Å². The molecule has 0 saturated heterocycles. The monoisotopic (exact) mass is 224 g/mol. The Morgan fingerprint density at radius 3 is 2.88 bits per heavy atom. The zero-order valence-electron chi connectivity index (χ0n) is 10.2. The van der Waals surface area contributed by atoms with Gasteiger partial charge in [0, 0.05) is 25.4 Å². The summed E-state index contributed by atoms with van der Waals surface area (Å²) in [7, 11) is 1.88. The molecule has 0 aliphatic rings. The van der Waals surface area contributed by atoms with Gasteiger partial charge >= 0.3 is 0 Å². The van der Waals surface area contributed by atoms with E-state index in [1.54, 1.807) is 4.68 Å². The Labute approximate surface area is 96.0 Å². The molecule has 0 saturated carbocycles. The highest BCUT2D eigenvalue weighted by Gasteiger charge is 2.12. The molecule has 16 heavy (non-hydrogen) atoms. The number of carbonyl (C=O) groups is 1. The smallest absolute Gasteiger partial charge is 0.237 e. The van der Waals surface area contributed by atoms with E-state index in [2.05, 4.69) is 10.4 Å². The minimum Gasteiger partial charge on any atom is -0.351 e. The van der Waals surface area contributed by atoms with Gasteiger partial charge in [-0.3, -0.25) is 9.48 Å². The number of nitrogens with one attached hydrogen (secondary N) is 1. The molecule has 0 fully saturated rings. The van der Waals surface area contributed by atoms with Crippen LogP contribution >= 0.6 is 0 Å². The lowest BCUT2D eigenvalue weighted by Gasteiger charge is -2.09. The molecule has 0 spiro atoms. The topological polar surface area (TPSA) is 72.9 Å². The van der Waals surface area contributed by atoms with Crippen molar-refractivity contribution in [1.82, 2.24) is 15.1 Å². The van der Waals surface area contributed by atoms with Crippen molar-refractivity contribution in [3.05, 3.63) is 17.5 Å². The predicted molar refractivity (Wildman–Crippen MR) is 62.7 cm³/mol. The van der Waals surface area contributed by atoms with Crippen LogP contribution in [-0.2, 0) is 24.8 Å². The number of carbonyl (C=O) groups excluding carboxylic acids is 1. The third-order valence-corrected chi connectivity index (χ3v) is 2.56. The van der Waals surface area contributed by atoms with Crippen molar-refractivity contribution in [3.8, 4) is 0 Å². The molecule has 0 aromatic carbocycles. The van der Waals surface area contributed by atoms with E-state index >= 15 is 0 Å².